The Morgan fingerprint density at radius 1 is 1.00 bits per heavy atom. The van der Waals surface area contributed by atoms with Crippen LogP contribution in [0.3, 0.4) is 0 Å². The van der Waals surface area contributed by atoms with Crippen LogP contribution in [0, 0.1) is 6.92 Å². The first-order chi connectivity index (χ1) is 8.84. The van der Waals surface area contributed by atoms with Gasteiger partial charge in [-0.3, -0.25) is 0 Å². The van der Waals surface area contributed by atoms with Crippen molar-refractivity contribution in [1.82, 2.24) is 4.72 Å². The standard InChI is InChI=1S/C8H13NO8P2S/c1-6-2-4-7(5-3-6)20(16,17)9-8(18(10,11)12)19(13,14)15/h2-5,8-9H,1H3,(H2,10,11,12)(H2,13,14,15)/p-4. The number of benzene rings is 1. The Balaban J connectivity index is 3.20. The Morgan fingerprint density at radius 3 is 1.75 bits per heavy atom. The highest BCUT2D eigenvalue weighted by molar-refractivity contribution is 7.90. The zero-order valence-electron chi connectivity index (χ0n) is 9.96. The molecule has 0 fully saturated rings. The molecule has 0 aromatic heterocycles. The Bertz CT molecular complexity index is 651. The van der Waals surface area contributed by atoms with E-state index in [-0.39, 0.29) is 0 Å². The maximum absolute atomic E-state index is 11.7. The Labute approximate surface area is 115 Å². The van der Waals surface area contributed by atoms with Crippen LogP contribution in [0.1, 0.15) is 5.56 Å². The van der Waals surface area contributed by atoms with Crippen LogP contribution in [-0.4, -0.2) is 13.9 Å². The highest BCUT2D eigenvalue weighted by Gasteiger charge is 2.25. The van der Waals surface area contributed by atoms with Gasteiger partial charge in [0.25, 0.3) is 0 Å². The fourth-order valence-electron chi connectivity index (χ4n) is 1.23. The third kappa shape index (κ3) is 4.47. The van der Waals surface area contributed by atoms with Crippen molar-refractivity contribution < 1.29 is 37.1 Å². The van der Waals surface area contributed by atoms with Crippen molar-refractivity contribution in [2.75, 3.05) is 0 Å². The van der Waals surface area contributed by atoms with E-state index in [0.717, 1.165) is 16.9 Å². The van der Waals surface area contributed by atoms with Gasteiger partial charge in [-0.1, -0.05) is 17.7 Å². The van der Waals surface area contributed by atoms with E-state index in [1.807, 2.05) is 0 Å². The second-order valence-electron chi connectivity index (χ2n) is 3.89. The summed E-state index contributed by atoms with van der Waals surface area (Å²) in [5.41, 5.74) is -2.57. The molecule has 0 spiro atoms. The average molecular weight is 341 g/mol. The maximum atomic E-state index is 11.7. The maximum Gasteiger partial charge on any atom is 0.241 e. The highest BCUT2D eigenvalue weighted by Crippen LogP contribution is 2.48. The van der Waals surface area contributed by atoms with E-state index in [0.29, 0.717) is 5.56 Å². The first kappa shape index (κ1) is 17.5. The van der Waals surface area contributed by atoms with E-state index in [4.69, 9.17) is 0 Å². The molecule has 0 heterocycles. The Kier molecular flexibility index (Phi) is 4.95. The third-order valence-corrected chi connectivity index (χ3v) is 7.13. The number of hydrogen-bond acceptors (Lipinski definition) is 8. The molecule has 9 nitrogen and oxygen atoms in total. The predicted molar refractivity (Wildman–Crippen MR) is 60.5 cm³/mol. The normalized spacial score (nSPS) is 13.7. The van der Waals surface area contributed by atoms with Crippen molar-refractivity contribution >= 4 is 25.2 Å². The Morgan fingerprint density at radius 2 is 1.40 bits per heavy atom. The number of rotatable bonds is 5. The number of sulfonamides is 1. The van der Waals surface area contributed by atoms with Gasteiger partial charge in [0.15, 0.2) is 0 Å². The molecule has 1 aromatic rings. The largest absolute Gasteiger partial charge is 0.809 e. The molecular formula is C8H9NO8P2S-4. The lowest BCUT2D eigenvalue weighted by Crippen LogP contribution is -2.45. The monoisotopic (exact) mass is 341 g/mol. The van der Waals surface area contributed by atoms with Gasteiger partial charge in [0.05, 0.1) is 10.4 Å². The van der Waals surface area contributed by atoms with Crippen molar-refractivity contribution in [3.63, 3.8) is 0 Å². The van der Waals surface area contributed by atoms with Crippen LogP contribution in [0.2, 0.25) is 0 Å². The van der Waals surface area contributed by atoms with Crippen molar-refractivity contribution in [2.24, 2.45) is 0 Å². The summed E-state index contributed by atoms with van der Waals surface area (Å²) in [5.74, 6) is 0. The molecule has 0 bridgehead atoms. The zero-order valence-corrected chi connectivity index (χ0v) is 12.6. The van der Waals surface area contributed by atoms with Crippen molar-refractivity contribution in [3.8, 4) is 0 Å². The van der Waals surface area contributed by atoms with E-state index < -0.39 is 35.6 Å². The highest BCUT2D eigenvalue weighted by atomic mass is 32.2. The smallest absolute Gasteiger partial charge is 0.241 e. The van der Waals surface area contributed by atoms with E-state index in [1.165, 1.54) is 12.1 Å². The van der Waals surface area contributed by atoms with Gasteiger partial charge in [0.2, 0.25) is 10.0 Å². The second-order valence-corrected chi connectivity index (χ2v) is 9.20. The summed E-state index contributed by atoms with van der Waals surface area (Å²) < 4.78 is 46.0. The summed E-state index contributed by atoms with van der Waals surface area (Å²) in [6.45, 7) is 1.65. The van der Waals surface area contributed by atoms with Gasteiger partial charge in [-0.25, -0.2) is 8.42 Å². The van der Waals surface area contributed by atoms with Crippen LogP contribution in [-0.2, 0) is 19.2 Å². The molecule has 1 N–H and O–H groups in total. The molecule has 0 amide bonds. The summed E-state index contributed by atoms with van der Waals surface area (Å²) in [6.07, 6.45) is 0. The van der Waals surface area contributed by atoms with Gasteiger partial charge in [-0.2, -0.15) is 4.72 Å². The molecule has 0 atom stereocenters. The number of hydrogen-bond donors (Lipinski definition) is 1. The summed E-state index contributed by atoms with van der Waals surface area (Å²) in [7, 11) is -16.6. The molecule has 114 valence electrons. The SMILES string of the molecule is Cc1ccc(S(=O)(=O)NC(P(=O)([O-])[O-])P(=O)([O-])[O-])cc1. The minimum atomic E-state index is -6.00. The molecule has 1 rings (SSSR count). The first-order valence-corrected chi connectivity index (χ1v) is 9.67. The topological polar surface area (TPSA) is 173 Å². The van der Waals surface area contributed by atoms with E-state index in [9.17, 15) is 37.1 Å². The Hall–Kier alpha value is -0.570. The number of aryl methyl sites for hydroxylation is 1. The summed E-state index contributed by atoms with van der Waals surface area (Å²) in [6, 6.07) is 4.86. The average Bonchev–Trinajstić information content (AvgIpc) is 2.23. The van der Waals surface area contributed by atoms with Crippen LogP contribution in [0.25, 0.3) is 0 Å². The van der Waals surface area contributed by atoms with E-state index in [1.54, 1.807) is 6.92 Å². The molecule has 1 aromatic carbocycles. The third-order valence-electron chi connectivity index (χ3n) is 2.19. The van der Waals surface area contributed by atoms with Crippen LogP contribution >= 0.6 is 15.2 Å². The fourth-order valence-corrected chi connectivity index (χ4v) is 5.39. The first-order valence-electron chi connectivity index (χ1n) is 4.96. The van der Waals surface area contributed by atoms with Gasteiger partial charge >= 0.3 is 0 Å². The van der Waals surface area contributed by atoms with Crippen molar-refractivity contribution in [3.05, 3.63) is 29.8 Å². The molecule has 0 radical (unpaired) electrons. The fraction of sp³-hybridized carbons (Fsp3) is 0.250. The van der Waals surface area contributed by atoms with Crippen LogP contribution in [0.4, 0.5) is 0 Å². The predicted octanol–water partition coefficient (Wildman–Crippen LogP) is -2.62. The molecule has 0 unspecified atom stereocenters. The molecule has 20 heavy (non-hydrogen) atoms. The molecule has 0 saturated heterocycles. The van der Waals surface area contributed by atoms with Gasteiger partial charge in [0.1, 0.15) is 0 Å². The van der Waals surface area contributed by atoms with Crippen molar-refractivity contribution in [1.29, 1.82) is 0 Å². The molecule has 0 aliphatic heterocycles. The molecular weight excluding hydrogens is 332 g/mol. The lowest BCUT2D eigenvalue weighted by Gasteiger charge is -2.48. The minimum Gasteiger partial charge on any atom is -0.809 e. The molecule has 12 heteroatoms. The summed E-state index contributed by atoms with van der Waals surface area (Å²) in [5, 5.41) is 0. The molecule has 0 aliphatic carbocycles. The van der Waals surface area contributed by atoms with E-state index in [2.05, 4.69) is 0 Å². The number of nitrogens with one attached hydrogen (secondary N) is 1. The van der Waals surface area contributed by atoms with Gasteiger partial charge in [0, 0.05) is 0 Å². The molecule has 0 aliphatic rings. The summed E-state index contributed by atoms with van der Waals surface area (Å²) >= 11 is 0. The van der Waals surface area contributed by atoms with E-state index >= 15 is 0 Å². The second kappa shape index (κ2) is 5.67. The van der Waals surface area contributed by atoms with Gasteiger partial charge < -0.3 is 28.7 Å². The quantitative estimate of drug-likeness (QED) is 0.567. The van der Waals surface area contributed by atoms with Crippen LogP contribution in [0.5, 0.6) is 0 Å². The van der Waals surface area contributed by atoms with Gasteiger partial charge in [-0.05, 0) is 34.2 Å². The minimum absolute atomic E-state index is 0.477. The summed E-state index contributed by atoms with van der Waals surface area (Å²) in [4.78, 5) is 42.4. The van der Waals surface area contributed by atoms with Crippen LogP contribution < -0.4 is 24.3 Å². The van der Waals surface area contributed by atoms with Gasteiger partial charge in [-0.15, -0.1) is 0 Å². The van der Waals surface area contributed by atoms with Crippen molar-refractivity contribution in [2.45, 2.75) is 17.3 Å². The molecule has 0 saturated carbocycles. The lowest BCUT2D eigenvalue weighted by atomic mass is 10.2. The lowest BCUT2D eigenvalue weighted by molar-refractivity contribution is -0.330. The zero-order chi connectivity index (χ0) is 15.8. The van der Waals surface area contributed by atoms with Crippen LogP contribution in [0.15, 0.2) is 29.2 Å².